The quantitative estimate of drug-likeness (QED) is 0.300. The molecular formula is C13H2Cl2F9N3O2S. The zero-order valence-electron chi connectivity index (χ0n) is 13.4. The fraction of sp³-hybridized carbons (Fsp3) is 0.231. The highest BCUT2D eigenvalue weighted by Gasteiger charge is 2.49. The normalized spacial score (nSPS) is 13.8. The number of isocyanates is 1. The van der Waals surface area contributed by atoms with Crippen LogP contribution in [-0.4, -0.2) is 25.6 Å². The van der Waals surface area contributed by atoms with Gasteiger partial charge >= 0.3 is 17.9 Å². The van der Waals surface area contributed by atoms with Gasteiger partial charge in [0.15, 0.2) is 22.3 Å². The van der Waals surface area contributed by atoms with Gasteiger partial charge in [-0.25, -0.2) is 13.7 Å². The number of hydrogen-bond acceptors (Lipinski definition) is 4. The minimum atomic E-state index is -5.74. The van der Waals surface area contributed by atoms with Crippen LogP contribution in [0.4, 0.5) is 45.3 Å². The average Bonchev–Trinajstić information content (AvgIpc) is 2.91. The first kappa shape index (κ1) is 24.2. The van der Waals surface area contributed by atoms with Crippen LogP contribution in [-0.2, 0) is 27.9 Å². The Hall–Kier alpha value is -2.09. The molecule has 2 rings (SSSR count). The Balaban J connectivity index is 2.97. The van der Waals surface area contributed by atoms with Gasteiger partial charge in [0.2, 0.25) is 6.08 Å². The van der Waals surface area contributed by atoms with Gasteiger partial charge < -0.3 is 0 Å². The van der Waals surface area contributed by atoms with Crippen molar-refractivity contribution in [2.45, 2.75) is 22.8 Å². The second-order valence-corrected chi connectivity index (χ2v) is 7.34. The lowest BCUT2D eigenvalue weighted by Gasteiger charge is -2.13. The predicted octanol–water partition coefficient (Wildman–Crippen LogP) is 5.81. The van der Waals surface area contributed by atoms with Crippen molar-refractivity contribution in [1.29, 1.82) is 0 Å². The summed E-state index contributed by atoms with van der Waals surface area (Å²) in [5.41, 5.74) is -10.5. The second-order valence-electron chi connectivity index (χ2n) is 5.11. The SMILES string of the molecule is O=C=Nc1c(S(=O)C(F)(F)F)c(C(F)(F)F)nn1-c1c(Cl)cc(C(F)(F)F)cc1Cl. The molecule has 1 heterocycles. The molecule has 0 amide bonds. The van der Waals surface area contributed by atoms with Crippen LogP contribution in [0.3, 0.4) is 0 Å². The fourth-order valence-electron chi connectivity index (χ4n) is 2.10. The van der Waals surface area contributed by atoms with E-state index in [2.05, 4.69) is 10.1 Å². The van der Waals surface area contributed by atoms with E-state index < -0.39 is 66.4 Å². The van der Waals surface area contributed by atoms with E-state index >= 15 is 0 Å². The number of aliphatic imine (C=N–C) groups is 1. The molecule has 2 aromatic rings. The van der Waals surface area contributed by atoms with Gasteiger partial charge in [0.25, 0.3) is 0 Å². The van der Waals surface area contributed by atoms with Crippen LogP contribution in [0.1, 0.15) is 11.3 Å². The highest BCUT2D eigenvalue weighted by molar-refractivity contribution is 7.86. The Bertz CT molecular complexity index is 1050. The summed E-state index contributed by atoms with van der Waals surface area (Å²) in [5.74, 6) is -1.59. The van der Waals surface area contributed by atoms with Crippen LogP contribution in [0.5, 0.6) is 0 Å². The van der Waals surface area contributed by atoms with Crippen LogP contribution >= 0.6 is 23.2 Å². The Kier molecular flexibility index (Phi) is 6.34. The molecule has 0 fully saturated rings. The second kappa shape index (κ2) is 7.87. The summed E-state index contributed by atoms with van der Waals surface area (Å²) in [5, 5.41) is 0.790. The Morgan fingerprint density at radius 3 is 1.83 bits per heavy atom. The summed E-state index contributed by atoms with van der Waals surface area (Å²) < 4.78 is 128. The van der Waals surface area contributed by atoms with Crippen LogP contribution in [0.15, 0.2) is 22.0 Å². The van der Waals surface area contributed by atoms with E-state index in [0.717, 1.165) is 0 Å². The lowest BCUT2D eigenvalue weighted by molar-refractivity contribution is -0.143. The van der Waals surface area contributed by atoms with Crippen LogP contribution in [0, 0.1) is 0 Å². The molecule has 0 aliphatic carbocycles. The van der Waals surface area contributed by atoms with Crippen molar-refractivity contribution in [2.24, 2.45) is 4.99 Å². The van der Waals surface area contributed by atoms with Crippen molar-refractivity contribution in [1.82, 2.24) is 9.78 Å². The molecule has 1 unspecified atom stereocenters. The molecule has 0 saturated carbocycles. The molecule has 1 aromatic carbocycles. The lowest BCUT2D eigenvalue weighted by Crippen LogP contribution is -2.19. The fourth-order valence-corrected chi connectivity index (χ4v) is 3.60. The van der Waals surface area contributed by atoms with Gasteiger partial charge in [-0.2, -0.15) is 44.6 Å². The first-order valence-electron chi connectivity index (χ1n) is 6.83. The highest BCUT2D eigenvalue weighted by atomic mass is 35.5. The maximum atomic E-state index is 13.2. The van der Waals surface area contributed by atoms with Gasteiger partial charge in [0, 0.05) is 0 Å². The zero-order chi connectivity index (χ0) is 23.2. The number of aromatic nitrogens is 2. The molecule has 30 heavy (non-hydrogen) atoms. The van der Waals surface area contributed by atoms with Crippen molar-refractivity contribution in [3.05, 3.63) is 33.4 Å². The lowest BCUT2D eigenvalue weighted by atomic mass is 10.2. The van der Waals surface area contributed by atoms with Gasteiger partial charge in [-0.3, -0.25) is 0 Å². The molecule has 1 atom stereocenters. The maximum absolute atomic E-state index is 13.2. The molecule has 1 aromatic heterocycles. The number of carbonyl (C=O) groups excluding carboxylic acids is 1. The molecule has 164 valence electrons. The predicted molar refractivity (Wildman–Crippen MR) is 83.8 cm³/mol. The molecule has 0 aliphatic rings. The van der Waals surface area contributed by atoms with Crippen molar-refractivity contribution < 1.29 is 48.5 Å². The standard InChI is InChI=1S/C13H2Cl2F9N3O2S/c14-5-1-4(11(16,17)18)2-6(15)7(5)27-10(25-3-28)8(30(29)13(22,23)24)9(26-27)12(19,20)21/h1-2H. The summed E-state index contributed by atoms with van der Waals surface area (Å²) in [6.45, 7) is 0. The first-order valence-corrected chi connectivity index (χ1v) is 8.74. The molecule has 5 nitrogen and oxygen atoms in total. The molecule has 17 heteroatoms. The van der Waals surface area contributed by atoms with Gasteiger partial charge in [-0.05, 0) is 12.1 Å². The number of nitrogens with zero attached hydrogens (tertiary/aromatic N) is 3. The van der Waals surface area contributed by atoms with Crippen LogP contribution in [0.25, 0.3) is 5.69 Å². The number of alkyl halides is 9. The molecule has 0 spiro atoms. The third-order valence-electron chi connectivity index (χ3n) is 3.19. The molecule has 0 N–H and O–H groups in total. The van der Waals surface area contributed by atoms with E-state index in [-0.39, 0.29) is 16.8 Å². The summed E-state index contributed by atoms with van der Waals surface area (Å²) >= 11 is 11.3. The molecule has 0 aliphatic heterocycles. The Morgan fingerprint density at radius 1 is 0.967 bits per heavy atom. The Labute approximate surface area is 171 Å². The third kappa shape index (κ3) is 4.63. The minimum Gasteiger partial charge on any atom is -0.245 e. The first-order chi connectivity index (χ1) is 13.5. The van der Waals surface area contributed by atoms with Crippen molar-refractivity contribution in [3.8, 4) is 5.69 Å². The topological polar surface area (TPSA) is 64.3 Å². The molecule has 0 radical (unpaired) electrons. The van der Waals surface area contributed by atoms with E-state index in [0.29, 0.717) is 6.08 Å². The maximum Gasteiger partial charge on any atom is 0.476 e. The number of halogens is 11. The number of hydrogen-bond donors (Lipinski definition) is 0. The van der Waals surface area contributed by atoms with Gasteiger partial charge in [-0.1, -0.05) is 23.2 Å². The Morgan fingerprint density at radius 2 is 1.47 bits per heavy atom. The van der Waals surface area contributed by atoms with Gasteiger partial charge in [0.05, 0.1) is 15.6 Å². The van der Waals surface area contributed by atoms with E-state index in [9.17, 15) is 48.5 Å². The number of benzene rings is 1. The summed E-state index contributed by atoms with van der Waals surface area (Å²) in [7, 11) is -4.40. The largest absolute Gasteiger partial charge is 0.476 e. The van der Waals surface area contributed by atoms with Crippen molar-refractivity contribution in [3.63, 3.8) is 0 Å². The summed E-state index contributed by atoms with van der Waals surface area (Å²) in [6.07, 6.45) is -9.97. The van der Waals surface area contributed by atoms with E-state index in [1.54, 1.807) is 0 Å². The minimum absolute atomic E-state index is 0.169. The molecule has 0 bridgehead atoms. The molecular weight excluding hydrogens is 504 g/mol. The van der Waals surface area contributed by atoms with E-state index in [1.165, 1.54) is 0 Å². The monoisotopic (exact) mass is 505 g/mol. The van der Waals surface area contributed by atoms with Gasteiger partial charge in [0.1, 0.15) is 10.6 Å². The summed E-state index contributed by atoms with van der Waals surface area (Å²) in [4.78, 5) is 11.2. The van der Waals surface area contributed by atoms with Crippen LogP contribution < -0.4 is 0 Å². The van der Waals surface area contributed by atoms with E-state index in [1.807, 2.05) is 0 Å². The van der Waals surface area contributed by atoms with Crippen molar-refractivity contribution in [2.75, 3.05) is 0 Å². The zero-order valence-corrected chi connectivity index (χ0v) is 15.7. The summed E-state index contributed by atoms with van der Waals surface area (Å²) in [6, 6.07) is 0.402. The smallest absolute Gasteiger partial charge is 0.245 e. The average molecular weight is 506 g/mol. The molecule has 0 saturated heterocycles. The van der Waals surface area contributed by atoms with Gasteiger partial charge in [-0.15, -0.1) is 4.99 Å². The van der Waals surface area contributed by atoms with Crippen molar-refractivity contribution >= 4 is 45.9 Å². The van der Waals surface area contributed by atoms with E-state index in [4.69, 9.17) is 23.2 Å². The highest BCUT2D eigenvalue weighted by Crippen LogP contribution is 2.45. The van der Waals surface area contributed by atoms with Crippen LogP contribution in [0.2, 0.25) is 10.0 Å². The third-order valence-corrected chi connectivity index (χ3v) is 4.93. The number of rotatable bonds is 3.